The second kappa shape index (κ2) is 6.34. The normalized spacial score (nSPS) is 11.4. The van der Waals surface area contributed by atoms with Crippen LogP contribution in [0.15, 0.2) is 22.7 Å². The van der Waals surface area contributed by atoms with Crippen molar-refractivity contribution in [1.29, 1.82) is 0 Å². The number of benzene rings is 1. The van der Waals surface area contributed by atoms with Gasteiger partial charge in [-0.3, -0.25) is 4.79 Å². The number of hydrogen-bond acceptors (Lipinski definition) is 2. The second-order valence-electron chi connectivity index (χ2n) is 4.60. The first-order valence-electron chi connectivity index (χ1n) is 6.26. The molecule has 0 fully saturated rings. The quantitative estimate of drug-likeness (QED) is 0.878. The van der Waals surface area contributed by atoms with Gasteiger partial charge in [-0.25, -0.2) is 0 Å². The number of nitrogens with one attached hydrogen (secondary N) is 1. The Balaban J connectivity index is 2.94. The first-order valence-corrected chi connectivity index (χ1v) is 7.06. The Hall–Kier alpha value is -0.870. The van der Waals surface area contributed by atoms with Crippen molar-refractivity contribution in [3.8, 4) is 0 Å². The standard InChI is InChI=1S/C14H21BrN2O/c1-4-14(5-2,9-16)17-13(18)12-7-6-11(15)8-10(12)3/h6-8H,4-5,9,16H2,1-3H3,(H,17,18). The highest BCUT2D eigenvalue weighted by molar-refractivity contribution is 9.10. The van der Waals surface area contributed by atoms with Crippen LogP contribution in [-0.4, -0.2) is 18.0 Å². The highest BCUT2D eigenvalue weighted by Gasteiger charge is 2.27. The minimum absolute atomic E-state index is 0.0471. The summed E-state index contributed by atoms with van der Waals surface area (Å²) in [6, 6.07) is 5.65. The molecule has 0 aromatic heterocycles. The Bertz CT molecular complexity index is 420. The zero-order valence-corrected chi connectivity index (χ0v) is 12.8. The topological polar surface area (TPSA) is 55.1 Å². The van der Waals surface area contributed by atoms with Gasteiger partial charge in [0.15, 0.2) is 0 Å². The van der Waals surface area contributed by atoms with Gasteiger partial charge in [0.2, 0.25) is 0 Å². The van der Waals surface area contributed by atoms with E-state index in [2.05, 4.69) is 21.2 Å². The lowest BCUT2D eigenvalue weighted by atomic mass is 9.92. The molecule has 0 heterocycles. The van der Waals surface area contributed by atoms with Crippen molar-refractivity contribution in [2.45, 2.75) is 39.2 Å². The van der Waals surface area contributed by atoms with Crippen LogP contribution in [0.2, 0.25) is 0 Å². The molecule has 18 heavy (non-hydrogen) atoms. The molecular weight excluding hydrogens is 292 g/mol. The molecule has 0 saturated carbocycles. The molecule has 3 nitrogen and oxygen atoms in total. The van der Waals surface area contributed by atoms with Crippen LogP contribution < -0.4 is 11.1 Å². The minimum atomic E-state index is -0.295. The SMILES string of the molecule is CCC(CC)(CN)NC(=O)c1ccc(Br)cc1C. The van der Waals surface area contributed by atoms with Gasteiger partial charge in [-0.05, 0) is 43.5 Å². The summed E-state index contributed by atoms with van der Waals surface area (Å²) in [4.78, 5) is 12.3. The fourth-order valence-corrected chi connectivity index (χ4v) is 2.43. The Morgan fingerprint density at radius 1 is 1.39 bits per heavy atom. The van der Waals surface area contributed by atoms with E-state index in [1.165, 1.54) is 0 Å². The van der Waals surface area contributed by atoms with Crippen molar-refractivity contribution in [3.63, 3.8) is 0 Å². The van der Waals surface area contributed by atoms with Gasteiger partial charge >= 0.3 is 0 Å². The second-order valence-corrected chi connectivity index (χ2v) is 5.52. The summed E-state index contributed by atoms with van der Waals surface area (Å²) in [6.45, 7) is 6.49. The molecule has 0 bridgehead atoms. The van der Waals surface area contributed by atoms with Crippen molar-refractivity contribution in [1.82, 2.24) is 5.32 Å². The first-order chi connectivity index (χ1) is 8.48. The lowest BCUT2D eigenvalue weighted by molar-refractivity contribution is 0.0894. The molecule has 0 aliphatic rings. The average Bonchev–Trinajstić information content (AvgIpc) is 2.36. The molecule has 3 N–H and O–H groups in total. The maximum Gasteiger partial charge on any atom is 0.252 e. The van der Waals surface area contributed by atoms with Gasteiger partial charge in [-0.2, -0.15) is 0 Å². The largest absolute Gasteiger partial charge is 0.345 e. The number of halogens is 1. The predicted octanol–water partition coefficient (Wildman–Crippen LogP) is 3.00. The van der Waals surface area contributed by atoms with Crippen molar-refractivity contribution < 1.29 is 4.79 Å². The van der Waals surface area contributed by atoms with Crippen molar-refractivity contribution in [2.24, 2.45) is 5.73 Å². The van der Waals surface area contributed by atoms with Gasteiger partial charge in [-0.1, -0.05) is 29.8 Å². The van der Waals surface area contributed by atoms with Crippen LogP contribution in [0, 0.1) is 6.92 Å². The van der Waals surface area contributed by atoms with Gasteiger partial charge in [0.25, 0.3) is 5.91 Å². The lowest BCUT2D eigenvalue weighted by Gasteiger charge is -2.31. The van der Waals surface area contributed by atoms with E-state index in [9.17, 15) is 4.79 Å². The maximum absolute atomic E-state index is 12.3. The van der Waals surface area contributed by atoms with Crippen molar-refractivity contribution in [3.05, 3.63) is 33.8 Å². The van der Waals surface area contributed by atoms with Crippen molar-refractivity contribution >= 4 is 21.8 Å². The van der Waals surface area contributed by atoms with Crippen LogP contribution in [0.3, 0.4) is 0 Å². The highest BCUT2D eigenvalue weighted by Crippen LogP contribution is 2.18. The summed E-state index contributed by atoms with van der Waals surface area (Å²) >= 11 is 3.40. The third kappa shape index (κ3) is 3.33. The lowest BCUT2D eigenvalue weighted by Crippen LogP contribution is -2.53. The van der Waals surface area contributed by atoms with Gasteiger partial charge in [0, 0.05) is 16.6 Å². The zero-order valence-electron chi connectivity index (χ0n) is 11.2. The van der Waals surface area contributed by atoms with E-state index in [-0.39, 0.29) is 11.4 Å². The van der Waals surface area contributed by atoms with E-state index in [0.29, 0.717) is 12.1 Å². The predicted molar refractivity (Wildman–Crippen MR) is 78.7 cm³/mol. The first kappa shape index (κ1) is 15.2. The van der Waals surface area contributed by atoms with E-state index in [1.54, 1.807) is 0 Å². The van der Waals surface area contributed by atoms with Gasteiger partial charge in [0.05, 0.1) is 5.54 Å². The van der Waals surface area contributed by atoms with Crippen LogP contribution in [0.5, 0.6) is 0 Å². The summed E-state index contributed by atoms with van der Waals surface area (Å²) in [5.41, 5.74) is 7.16. The number of amides is 1. The molecule has 1 aromatic rings. The Morgan fingerprint density at radius 2 is 2.00 bits per heavy atom. The van der Waals surface area contributed by atoms with E-state index in [1.807, 2.05) is 39.0 Å². The zero-order chi connectivity index (χ0) is 13.8. The summed E-state index contributed by atoms with van der Waals surface area (Å²) in [6.07, 6.45) is 1.67. The smallest absolute Gasteiger partial charge is 0.252 e. The maximum atomic E-state index is 12.3. The van der Waals surface area contributed by atoms with Crippen molar-refractivity contribution in [2.75, 3.05) is 6.54 Å². The summed E-state index contributed by atoms with van der Waals surface area (Å²) in [7, 11) is 0. The molecule has 1 aromatic carbocycles. The van der Waals surface area contributed by atoms with E-state index >= 15 is 0 Å². The fraction of sp³-hybridized carbons (Fsp3) is 0.500. The van der Waals surface area contributed by atoms with E-state index in [4.69, 9.17) is 5.73 Å². The monoisotopic (exact) mass is 312 g/mol. The summed E-state index contributed by atoms with van der Waals surface area (Å²) in [5.74, 6) is -0.0471. The fourth-order valence-electron chi connectivity index (χ4n) is 1.96. The third-order valence-corrected chi connectivity index (χ3v) is 4.05. The molecule has 0 radical (unpaired) electrons. The highest BCUT2D eigenvalue weighted by atomic mass is 79.9. The number of carbonyl (C=O) groups is 1. The molecule has 0 atom stereocenters. The Kier molecular flexibility index (Phi) is 5.35. The van der Waals surface area contributed by atoms with Crippen LogP contribution in [0.25, 0.3) is 0 Å². The van der Waals surface area contributed by atoms with E-state index < -0.39 is 0 Å². The van der Waals surface area contributed by atoms with Crippen LogP contribution >= 0.6 is 15.9 Å². The molecule has 0 spiro atoms. The van der Waals surface area contributed by atoms with E-state index in [0.717, 1.165) is 22.9 Å². The Morgan fingerprint density at radius 3 is 2.44 bits per heavy atom. The van der Waals surface area contributed by atoms with Crippen LogP contribution in [-0.2, 0) is 0 Å². The molecule has 1 rings (SSSR count). The summed E-state index contributed by atoms with van der Waals surface area (Å²) in [5, 5.41) is 3.08. The molecule has 4 heteroatoms. The number of aryl methyl sites for hydroxylation is 1. The van der Waals surface area contributed by atoms with Crippen LogP contribution in [0.4, 0.5) is 0 Å². The van der Waals surface area contributed by atoms with Gasteiger partial charge in [0.1, 0.15) is 0 Å². The van der Waals surface area contributed by atoms with Crippen LogP contribution in [0.1, 0.15) is 42.6 Å². The minimum Gasteiger partial charge on any atom is -0.345 e. The number of carbonyl (C=O) groups excluding carboxylic acids is 1. The number of rotatable bonds is 5. The molecule has 0 aliphatic heterocycles. The Labute approximate surface area is 117 Å². The summed E-state index contributed by atoms with van der Waals surface area (Å²) < 4.78 is 0.979. The molecule has 1 amide bonds. The third-order valence-electron chi connectivity index (χ3n) is 3.56. The molecule has 100 valence electrons. The number of nitrogens with two attached hydrogens (primary N) is 1. The average molecular weight is 313 g/mol. The van der Waals surface area contributed by atoms with Gasteiger partial charge < -0.3 is 11.1 Å². The molecule has 0 saturated heterocycles. The molecule has 0 aliphatic carbocycles. The molecule has 0 unspecified atom stereocenters. The van der Waals surface area contributed by atoms with Gasteiger partial charge in [-0.15, -0.1) is 0 Å². The molecular formula is C14H21BrN2O. The number of hydrogen-bond donors (Lipinski definition) is 2.